The Morgan fingerprint density at radius 3 is 2.85 bits per heavy atom. The number of ketones is 1. The molecule has 1 N–H and O–H groups in total. The number of fused-ring (bicyclic) bond motifs is 1. The second-order valence-electron chi connectivity index (χ2n) is 4.63. The Balaban J connectivity index is 1.95. The van der Waals surface area contributed by atoms with Crippen molar-refractivity contribution >= 4 is 51.4 Å². The number of nitrogens with zero attached hydrogens (tertiary/aromatic N) is 1. The lowest BCUT2D eigenvalue weighted by Gasteiger charge is -2.26. The van der Waals surface area contributed by atoms with Crippen LogP contribution in [0.4, 0.5) is 10.5 Å². The topological polar surface area (TPSA) is 49.4 Å². The molecule has 0 saturated carbocycles. The lowest BCUT2D eigenvalue weighted by molar-refractivity contribution is 0.103. The quantitative estimate of drug-likeness (QED) is 0.621. The van der Waals surface area contributed by atoms with Gasteiger partial charge in [-0.15, -0.1) is 11.3 Å². The summed E-state index contributed by atoms with van der Waals surface area (Å²) in [5.74, 6) is 0.0199. The molecule has 1 aromatic carbocycles. The fourth-order valence-electron chi connectivity index (χ4n) is 2.12. The van der Waals surface area contributed by atoms with E-state index in [1.807, 2.05) is 17.5 Å². The van der Waals surface area contributed by atoms with E-state index in [4.69, 9.17) is 0 Å². The van der Waals surface area contributed by atoms with Crippen molar-refractivity contribution in [1.82, 2.24) is 4.90 Å². The molecule has 1 aromatic heterocycles. The van der Waals surface area contributed by atoms with Gasteiger partial charge in [0.25, 0.3) is 0 Å². The van der Waals surface area contributed by atoms with E-state index in [1.54, 1.807) is 35.4 Å². The van der Waals surface area contributed by atoms with Crippen LogP contribution in [0.3, 0.4) is 0 Å². The van der Waals surface area contributed by atoms with E-state index in [-0.39, 0.29) is 11.8 Å². The third kappa shape index (κ3) is 2.45. The van der Waals surface area contributed by atoms with Crippen LogP contribution in [0.25, 0.3) is 0 Å². The van der Waals surface area contributed by atoms with Crippen molar-refractivity contribution in [3.05, 3.63) is 49.2 Å². The Morgan fingerprint density at radius 2 is 2.15 bits per heavy atom. The van der Waals surface area contributed by atoms with Gasteiger partial charge in [-0.25, -0.2) is 4.79 Å². The van der Waals surface area contributed by atoms with Gasteiger partial charge in [-0.3, -0.25) is 4.79 Å². The van der Waals surface area contributed by atoms with Gasteiger partial charge in [-0.2, -0.15) is 0 Å². The number of urea groups is 1. The normalized spacial score (nSPS) is 13.9. The maximum atomic E-state index is 12.4. The minimum Gasteiger partial charge on any atom is -0.323 e. The monoisotopic (exact) mass is 398 g/mol. The number of halogens is 1. The molecule has 1 aliphatic heterocycles. The maximum Gasteiger partial charge on any atom is 0.321 e. The van der Waals surface area contributed by atoms with E-state index in [1.165, 1.54) is 0 Å². The number of hydrogen-bond acceptors (Lipinski definition) is 3. The van der Waals surface area contributed by atoms with Crippen molar-refractivity contribution in [3.8, 4) is 0 Å². The third-order valence-corrected chi connectivity index (χ3v) is 4.98. The minimum absolute atomic E-state index is 0.0199. The Kier molecular flexibility index (Phi) is 3.51. The minimum atomic E-state index is -0.121. The van der Waals surface area contributed by atoms with E-state index < -0.39 is 0 Å². The zero-order chi connectivity index (χ0) is 14.3. The van der Waals surface area contributed by atoms with Gasteiger partial charge in [-0.1, -0.05) is 0 Å². The van der Waals surface area contributed by atoms with Crippen LogP contribution in [0, 0.1) is 2.88 Å². The van der Waals surface area contributed by atoms with Crippen LogP contribution in [0.1, 0.15) is 21.5 Å². The predicted molar refractivity (Wildman–Crippen MR) is 87.4 cm³/mol. The number of thiophene rings is 1. The molecule has 2 amide bonds. The Labute approximate surface area is 133 Å². The molecule has 2 heterocycles. The number of carbonyl (C=O) groups excluding carboxylic acids is 2. The fourth-order valence-corrected chi connectivity index (χ4v) is 3.45. The molecule has 0 spiro atoms. The summed E-state index contributed by atoms with van der Waals surface area (Å²) in [5.41, 5.74) is 3.11. The van der Waals surface area contributed by atoms with E-state index in [9.17, 15) is 9.59 Å². The van der Waals surface area contributed by atoms with Crippen LogP contribution in [-0.2, 0) is 6.54 Å². The first kappa shape index (κ1) is 13.6. The highest BCUT2D eigenvalue weighted by atomic mass is 127. The molecule has 0 fully saturated rings. The highest BCUT2D eigenvalue weighted by Crippen LogP contribution is 2.26. The van der Waals surface area contributed by atoms with Crippen LogP contribution in [0.5, 0.6) is 0 Å². The predicted octanol–water partition coefficient (Wildman–Crippen LogP) is 3.56. The standard InChI is InChI=1S/C14H11IN2O2S/c1-17-6-9-4-8(2-3-11(9)16-14(17)19)13(18)10-5-12(15)20-7-10/h2-5,7H,6H2,1H3,(H,16,19). The van der Waals surface area contributed by atoms with Gasteiger partial charge in [-0.05, 0) is 52.4 Å². The van der Waals surface area contributed by atoms with Crippen molar-refractivity contribution in [2.45, 2.75) is 6.54 Å². The molecule has 2 aromatic rings. The second kappa shape index (κ2) is 5.17. The Hall–Kier alpha value is -1.41. The lowest BCUT2D eigenvalue weighted by atomic mass is 10.0. The summed E-state index contributed by atoms with van der Waals surface area (Å²) in [7, 11) is 1.73. The van der Waals surface area contributed by atoms with Gasteiger partial charge in [0.2, 0.25) is 0 Å². The molecule has 0 atom stereocenters. The number of hydrogen-bond donors (Lipinski definition) is 1. The van der Waals surface area contributed by atoms with Gasteiger partial charge < -0.3 is 10.2 Å². The molecule has 6 heteroatoms. The van der Waals surface area contributed by atoms with Crippen LogP contribution < -0.4 is 5.32 Å². The van der Waals surface area contributed by atoms with Gasteiger partial charge in [0.1, 0.15) is 0 Å². The fraction of sp³-hybridized carbons (Fsp3) is 0.143. The van der Waals surface area contributed by atoms with E-state index in [2.05, 4.69) is 27.9 Å². The number of anilines is 1. The van der Waals surface area contributed by atoms with E-state index >= 15 is 0 Å². The Morgan fingerprint density at radius 1 is 1.35 bits per heavy atom. The first-order chi connectivity index (χ1) is 9.54. The lowest BCUT2D eigenvalue weighted by Crippen LogP contribution is -2.35. The molecule has 102 valence electrons. The third-order valence-electron chi connectivity index (χ3n) is 3.19. The summed E-state index contributed by atoms with van der Waals surface area (Å²) in [4.78, 5) is 25.5. The maximum absolute atomic E-state index is 12.4. The number of rotatable bonds is 2. The van der Waals surface area contributed by atoms with Gasteiger partial charge >= 0.3 is 6.03 Å². The van der Waals surface area contributed by atoms with Crippen LogP contribution in [0.2, 0.25) is 0 Å². The van der Waals surface area contributed by atoms with Crippen LogP contribution in [-0.4, -0.2) is 23.8 Å². The SMILES string of the molecule is CN1Cc2cc(C(=O)c3csc(I)c3)ccc2NC1=O. The van der Waals surface area contributed by atoms with Crippen molar-refractivity contribution in [2.24, 2.45) is 0 Å². The molecule has 1 aliphatic rings. The number of benzene rings is 1. The average Bonchev–Trinajstić information content (AvgIpc) is 2.85. The summed E-state index contributed by atoms with van der Waals surface area (Å²) < 4.78 is 1.09. The van der Waals surface area contributed by atoms with Crippen molar-refractivity contribution in [2.75, 3.05) is 12.4 Å². The summed E-state index contributed by atoms with van der Waals surface area (Å²) in [6.07, 6.45) is 0. The van der Waals surface area contributed by atoms with Crippen LogP contribution in [0.15, 0.2) is 29.6 Å². The molecule has 0 bridgehead atoms. The van der Waals surface area contributed by atoms with Crippen molar-refractivity contribution in [1.29, 1.82) is 0 Å². The number of nitrogens with one attached hydrogen (secondary N) is 1. The van der Waals surface area contributed by atoms with E-state index in [0.29, 0.717) is 17.7 Å². The highest BCUT2D eigenvalue weighted by Gasteiger charge is 2.21. The van der Waals surface area contributed by atoms with E-state index in [0.717, 1.165) is 14.1 Å². The summed E-state index contributed by atoms with van der Waals surface area (Å²) in [6, 6.07) is 7.19. The molecule has 0 aliphatic carbocycles. The molecule has 0 unspecified atom stereocenters. The first-order valence-corrected chi connectivity index (χ1v) is 7.94. The smallest absolute Gasteiger partial charge is 0.321 e. The molecular weight excluding hydrogens is 387 g/mol. The van der Waals surface area contributed by atoms with Crippen molar-refractivity contribution in [3.63, 3.8) is 0 Å². The molecule has 4 nitrogen and oxygen atoms in total. The summed E-state index contributed by atoms with van der Waals surface area (Å²) in [5, 5.41) is 4.67. The second-order valence-corrected chi connectivity index (χ2v) is 7.43. The van der Waals surface area contributed by atoms with Gasteiger partial charge in [0, 0.05) is 35.8 Å². The zero-order valence-corrected chi connectivity index (χ0v) is 13.6. The van der Waals surface area contributed by atoms with Crippen LogP contribution >= 0.6 is 33.9 Å². The van der Waals surface area contributed by atoms with Crippen molar-refractivity contribution < 1.29 is 9.59 Å². The molecule has 20 heavy (non-hydrogen) atoms. The first-order valence-electron chi connectivity index (χ1n) is 5.98. The molecular formula is C14H11IN2O2S. The molecule has 0 radical (unpaired) electrons. The van der Waals surface area contributed by atoms with Gasteiger partial charge in [0.15, 0.2) is 5.78 Å². The molecule has 3 rings (SSSR count). The largest absolute Gasteiger partial charge is 0.323 e. The number of carbonyl (C=O) groups is 2. The number of amides is 2. The summed E-state index contributed by atoms with van der Waals surface area (Å²) >= 11 is 3.76. The zero-order valence-electron chi connectivity index (χ0n) is 10.6. The average molecular weight is 398 g/mol. The molecule has 0 saturated heterocycles. The highest BCUT2D eigenvalue weighted by molar-refractivity contribution is 14.1. The van der Waals surface area contributed by atoms with Gasteiger partial charge in [0.05, 0.1) is 2.88 Å². The summed E-state index contributed by atoms with van der Waals surface area (Å²) in [6.45, 7) is 0.517. The Bertz CT molecular complexity index is 711.